The largest absolute Gasteiger partial charge is 0.466 e. The molecule has 0 aliphatic carbocycles. The number of hydrogen-bond donors (Lipinski definition) is 1. The molecule has 0 aliphatic heterocycles. The average Bonchev–Trinajstić information content (AvgIpc) is 2.55. The molecule has 0 saturated carbocycles. The molecule has 2 aromatic rings. The van der Waals surface area contributed by atoms with Crippen molar-refractivity contribution >= 4 is 11.9 Å². The molecule has 0 fully saturated rings. The molecular weight excluding hydrogens is 302 g/mol. The van der Waals surface area contributed by atoms with Crippen LogP contribution < -0.4 is 5.32 Å². The van der Waals surface area contributed by atoms with Crippen molar-refractivity contribution < 1.29 is 14.3 Å². The summed E-state index contributed by atoms with van der Waals surface area (Å²) >= 11 is 0. The number of aryl methyl sites for hydroxylation is 2. The zero-order valence-corrected chi connectivity index (χ0v) is 14.3. The highest BCUT2D eigenvalue weighted by Crippen LogP contribution is 2.20. The van der Waals surface area contributed by atoms with Crippen molar-refractivity contribution in [3.8, 4) is 0 Å². The SMILES string of the molecule is CCOC(=O)CC(NC(=O)c1ccccc1C)c1ccc(C)cc1. The van der Waals surface area contributed by atoms with Crippen LogP contribution in [-0.4, -0.2) is 18.5 Å². The summed E-state index contributed by atoms with van der Waals surface area (Å²) in [6.07, 6.45) is 0.106. The number of amides is 1. The van der Waals surface area contributed by atoms with E-state index in [1.165, 1.54) is 0 Å². The van der Waals surface area contributed by atoms with Gasteiger partial charge in [0.05, 0.1) is 19.1 Å². The summed E-state index contributed by atoms with van der Waals surface area (Å²) in [6.45, 7) is 5.98. The van der Waals surface area contributed by atoms with Gasteiger partial charge in [0.1, 0.15) is 0 Å². The minimum absolute atomic E-state index is 0.106. The van der Waals surface area contributed by atoms with Gasteiger partial charge < -0.3 is 10.1 Å². The molecule has 0 spiro atoms. The van der Waals surface area contributed by atoms with Crippen LogP contribution in [0.15, 0.2) is 48.5 Å². The van der Waals surface area contributed by atoms with Gasteiger partial charge in [-0.05, 0) is 38.0 Å². The van der Waals surface area contributed by atoms with Crippen molar-refractivity contribution in [2.75, 3.05) is 6.61 Å². The number of benzene rings is 2. The quantitative estimate of drug-likeness (QED) is 0.823. The number of nitrogens with one attached hydrogen (secondary N) is 1. The molecule has 0 radical (unpaired) electrons. The Morgan fingerprint density at radius 2 is 1.71 bits per heavy atom. The van der Waals surface area contributed by atoms with Crippen molar-refractivity contribution in [3.63, 3.8) is 0 Å². The molecule has 1 atom stereocenters. The molecule has 1 N–H and O–H groups in total. The molecule has 0 bridgehead atoms. The van der Waals surface area contributed by atoms with Gasteiger partial charge in [-0.1, -0.05) is 48.0 Å². The molecule has 2 aromatic carbocycles. The van der Waals surface area contributed by atoms with Gasteiger partial charge in [0.15, 0.2) is 0 Å². The third-order valence-electron chi connectivity index (χ3n) is 3.85. The summed E-state index contributed by atoms with van der Waals surface area (Å²) in [5, 5.41) is 2.96. The van der Waals surface area contributed by atoms with Crippen LogP contribution in [0.4, 0.5) is 0 Å². The molecule has 24 heavy (non-hydrogen) atoms. The summed E-state index contributed by atoms with van der Waals surface area (Å²) in [6, 6.07) is 14.8. The second kappa shape index (κ2) is 8.29. The van der Waals surface area contributed by atoms with Gasteiger partial charge in [-0.3, -0.25) is 9.59 Å². The molecule has 0 aliphatic rings. The number of ether oxygens (including phenoxy) is 1. The predicted molar refractivity (Wildman–Crippen MR) is 93.8 cm³/mol. The maximum absolute atomic E-state index is 12.6. The van der Waals surface area contributed by atoms with E-state index < -0.39 is 6.04 Å². The first kappa shape index (κ1) is 17.7. The minimum atomic E-state index is -0.420. The highest BCUT2D eigenvalue weighted by Gasteiger charge is 2.20. The van der Waals surface area contributed by atoms with E-state index in [0.717, 1.165) is 16.7 Å². The fraction of sp³-hybridized carbons (Fsp3) is 0.300. The number of carbonyl (C=O) groups is 2. The number of carbonyl (C=O) groups excluding carboxylic acids is 2. The summed E-state index contributed by atoms with van der Waals surface area (Å²) in [7, 11) is 0. The summed E-state index contributed by atoms with van der Waals surface area (Å²) in [5.74, 6) is -0.517. The highest BCUT2D eigenvalue weighted by molar-refractivity contribution is 5.96. The van der Waals surface area contributed by atoms with Crippen LogP contribution >= 0.6 is 0 Å². The Kier molecular flexibility index (Phi) is 6.13. The summed E-state index contributed by atoms with van der Waals surface area (Å²) < 4.78 is 5.04. The smallest absolute Gasteiger partial charge is 0.308 e. The number of rotatable bonds is 6. The molecule has 0 heterocycles. The monoisotopic (exact) mass is 325 g/mol. The Hall–Kier alpha value is -2.62. The molecule has 126 valence electrons. The lowest BCUT2D eigenvalue weighted by Gasteiger charge is -2.19. The lowest BCUT2D eigenvalue weighted by molar-refractivity contribution is -0.143. The molecular formula is C20H23NO3. The van der Waals surface area contributed by atoms with E-state index in [-0.39, 0.29) is 18.3 Å². The first-order valence-electron chi connectivity index (χ1n) is 8.10. The Bertz CT molecular complexity index is 707. The molecule has 0 saturated heterocycles. The molecule has 1 unspecified atom stereocenters. The van der Waals surface area contributed by atoms with Crippen LogP contribution in [0.3, 0.4) is 0 Å². The molecule has 4 nitrogen and oxygen atoms in total. The number of hydrogen-bond acceptors (Lipinski definition) is 3. The fourth-order valence-electron chi connectivity index (χ4n) is 2.50. The zero-order valence-electron chi connectivity index (χ0n) is 14.3. The van der Waals surface area contributed by atoms with Gasteiger partial charge in [0, 0.05) is 5.56 Å². The van der Waals surface area contributed by atoms with Crippen LogP contribution in [0.1, 0.15) is 46.4 Å². The normalized spacial score (nSPS) is 11.6. The van der Waals surface area contributed by atoms with Crippen LogP contribution in [0.5, 0.6) is 0 Å². The Balaban J connectivity index is 2.22. The van der Waals surface area contributed by atoms with Gasteiger partial charge in [-0.2, -0.15) is 0 Å². The maximum atomic E-state index is 12.6. The topological polar surface area (TPSA) is 55.4 Å². The maximum Gasteiger partial charge on any atom is 0.308 e. The van der Waals surface area contributed by atoms with E-state index in [9.17, 15) is 9.59 Å². The van der Waals surface area contributed by atoms with Crippen LogP contribution in [-0.2, 0) is 9.53 Å². The molecule has 1 amide bonds. The van der Waals surface area contributed by atoms with E-state index in [0.29, 0.717) is 12.2 Å². The second-order valence-electron chi connectivity index (χ2n) is 5.76. The minimum Gasteiger partial charge on any atom is -0.466 e. The zero-order chi connectivity index (χ0) is 17.5. The highest BCUT2D eigenvalue weighted by atomic mass is 16.5. The van der Waals surface area contributed by atoms with Gasteiger partial charge in [-0.15, -0.1) is 0 Å². The Morgan fingerprint density at radius 1 is 1.04 bits per heavy atom. The van der Waals surface area contributed by atoms with Crippen LogP contribution in [0, 0.1) is 13.8 Å². The van der Waals surface area contributed by atoms with Gasteiger partial charge >= 0.3 is 5.97 Å². The van der Waals surface area contributed by atoms with Crippen molar-refractivity contribution in [1.29, 1.82) is 0 Å². The molecule has 0 aromatic heterocycles. The number of esters is 1. The molecule has 4 heteroatoms. The van der Waals surface area contributed by atoms with E-state index in [1.807, 2.05) is 56.3 Å². The van der Waals surface area contributed by atoms with Gasteiger partial charge in [0.25, 0.3) is 5.91 Å². The van der Waals surface area contributed by atoms with Crippen molar-refractivity contribution in [1.82, 2.24) is 5.32 Å². The lowest BCUT2D eigenvalue weighted by atomic mass is 10.0. The standard InChI is InChI=1S/C20H23NO3/c1-4-24-19(22)13-18(16-11-9-14(2)10-12-16)21-20(23)17-8-6-5-7-15(17)3/h5-12,18H,4,13H2,1-3H3,(H,21,23). The molecule has 2 rings (SSSR count). The first-order chi connectivity index (χ1) is 11.5. The first-order valence-corrected chi connectivity index (χ1v) is 8.10. The van der Waals surface area contributed by atoms with Crippen molar-refractivity contribution in [2.45, 2.75) is 33.2 Å². The second-order valence-corrected chi connectivity index (χ2v) is 5.76. The van der Waals surface area contributed by atoms with Crippen LogP contribution in [0.2, 0.25) is 0 Å². The lowest BCUT2D eigenvalue weighted by Crippen LogP contribution is -2.31. The van der Waals surface area contributed by atoms with Crippen molar-refractivity contribution in [2.24, 2.45) is 0 Å². The van der Waals surface area contributed by atoms with E-state index >= 15 is 0 Å². The fourth-order valence-corrected chi connectivity index (χ4v) is 2.50. The Morgan fingerprint density at radius 3 is 2.33 bits per heavy atom. The third kappa shape index (κ3) is 4.69. The van der Waals surface area contributed by atoms with Crippen molar-refractivity contribution in [3.05, 3.63) is 70.8 Å². The third-order valence-corrected chi connectivity index (χ3v) is 3.85. The summed E-state index contributed by atoms with van der Waals surface area (Å²) in [5.41, 5.74) is 3.52. The average molecular weight is 325 g/mol. The van der Waals surface area contributed by atoms with Gasteiger partial charge in [-0.25, -0.2) is 0 Å². The van der Waals surface area contributed by atoms with Gasteiger partial charge in [0.2, 0.25) is 0 Å². The summed E-state index contributed by atoms with van der Waals surface area (Å²) in [4.78, 5) is 24.5. The van der Waals surface area contributed by atoms with E-state index in [2.05, 4.69) is 5.32 Å². The van der Waals surface area contributed by atoms with E-state index in [1.54, 1.807) is 13.0 Å². The Labute approximate surface area is 142 Å². The predicted octanol–water partition coefficient (Wildman–Crippen LogP) is 3.73. The van der Waals surface area contributed by atoms with E-state index in [4.69, 9.17) is 4.74 Å². The van der Waals surface area contributed by atoms with Crippen LogP contribution in [0.25, 0.3) is 0 Å².